The molecule has 122 heavy (non-hydrogen) atoms. The van der Waals surface area contributed by atoms with E-state index in [1.807, 2.05) is 13.8 Å². The number of carbonyl (C=O) groups excluding carboxylic acids is 9. The smallest absolute Gasteiger partial charge is 0.248 e. The third-order valence-corrected chi connectivity index (χ3v) is 25.1. The van der Waals surface area contributed by atoms with Crippen LogP contribution in [0.2, 0.25) is 5.02 Å². The molecule has 16 rings (SSSR count). The summed E-state index contributed by atoms with van der Waals surface area (Å²) in [5.41, 5.74) is 3.46. The monoisotopic (exact) mass is 1710 g/mol. The highest BCUT2D eigenvalue weighted by atomic mass is 35.5. The molecule has 34 nitrogen and oxygen atoms in total. The molecule has 4 saturated carbocycles. The Morgan fingerprint density at radius 1 is 0.664 bits per heavy atom. The number of unbranched alkanes of at least 4 members (excludes halogenated alkanes) is 6. The van der Waals surface area contributed by atoms with Gasteiger partial charge in [-0.25, -0.2) is 0 Å². The molecule has 18 atom stereocenters. The van der Waals surface area contributed by atoms with Crippen molar-refractivity contribution in [3.05, 3.63) is 117 Å². The number of halogens is 1. The molecule has 20 N–H and O–H groups in total. The fourth-order valence-corrected chi connectivity index (χ4v) is 18.8. The van der Waals surface area contributed by atoms with Gasteiger partial charge in [0, 0.05) is 41.6 Å². The van der Waals surface area contributed by atoms with Gasteiger partial charge in [0.05, 0.1) is 36.3 Å². The largest absolute Gasteiger partial charge is 0.508 e. The maximum absolute atomic E-state index is 16.6. The van der Waals surface area contributed by atoms with Crippen molar-refractivity contribution >= 4 is 64.8 Å². The van der Waals surface area contributed by atoms with E-state index < -0.39 is 215 Å². The van der Waals surface area contributed by atoms with Crippen LogP contribution in [-0.4, -0.2) is 198 Å². The van der Waals surface area contributed by atoms with Crippen LogP contribution in [0.1, 0.15) is 201 Å². The van der Waals surface area contributed by atoms with Crippen molar-refractivity contribution in [2.24, 2.45) is 35.3 Å². The fourth-order valence-electron chi connectivity index (χ4n) is 18.6. The predicted molar refractivity (Wildman–Crippen MR) is 437 cm³/mol. The SMILES string of the molecule is CCCCCCCCCC(=O)NC(=O)C[C@@H]1NC(=O)[C@H](NC(=O)[C@@H](CC(C)C)NC)[C@H](O)c2ccc(c(C)c2)Oc2cc3cc(c2O[C@@H]2O[C@H](CO)[C@@H](O)[C@H](O)[C@H]2O[C@H]2C[C@](C)(N)[C@H](O)[C@H](C)O2)Oc2ccc(cc2Cl)[C@H](O)[C@H]2NC(=O)[C@H](NC(=O)[C@@H]3NC1=O)c1ccc(O)c(c1)-c1c(O)cc(O)cc1[C@@H](C(=O)NC1C3CC4CC(C3)CC1C4)NC2=O. The number of nitrogens with one attached hydrogen (secondary N) is 9. The summed E-state index contributed by atoms with van der Waals surface area (Å²) in [6, 6.07) is 1.08. The van der Waals surface area contributed by atoms with Crippen molar-refractivity contribution < 1.29 is 118 Å². The molecule has 0 unspecified atom stereocenters. The first-order valence-corrected chi connectivity index (χ1v) is 42.4. The lowest BCUT2D eigenvalue weighted by Crippen LogP contribution is -2.64. The van der Waals surface area contributed by atoms with Crippen LogP contribution in [0.15, 0.2) is 78.9 Å². The van der Waals surface area contributed by atoms with Crippen molar-refractivity contribution in [2.75, 3.05) is 13.7 Å². The Hall–Kier alpha value is -9.82. The summed E-state index contributed by atoms with van der Waals surface area (Å²) in [7, 11) is 1.51. The normalized spacial score (nSPS) is 30.9. The number of aliphatic hydroxyl groups is 6. The van der Waals surface area contributed by atoms with Crippen LogP contribution in [-0.2, 0) is 57.4 Å². The number of aryl methyl sites for hydroxylation is 1. The van der Waals surface area contributed by atoms with E-state index in [2.05, 4.69) is 54.8 Å². The van der Waals surface area contributed by atoms with Gasteiger partial charge in [-0.3, -0.25) is 48.5 Å². The van der Waals surface area contributed by atoms with E-state index in [0.29, 0.717) is 24.7 Å². The standard InChI is InChI=1S/C87H111ClN10O24/c1-8-9-10-11-12-13-14-15-62(103)92-63(104)35-54-80(111)94-68-48-31-59(118-57-20-17-44(23-39(57)4)72(105)70(84(115)91-54)97-79(110)53(90-7)22-38(2)3)76(122-86-77(75(108)74(107)61(37-99)120-86)121-64-36-87(6,89)78(109)40(5)117-64)60(32-48)119-58-21-18-45(30-52(58)88)73(106)71-85(116)96-69(83(114)93-66-46-25-41-24-42(27-46)28-47(66)26-41)51-33-49(100)34-56(102)65(51)50-29-43(16-19-55(50)101)67(81(112)98-71)95-82(68)113/h16-21,23,29-34,38,40-42,46-47,53-54,61,64,66-75,77-78,86,90,99-102,105-109H,8-15,22,24-28,35-37,89H2,1-7H3,(H,91,115)(H,93,114)(H,94,111)(H,95,113)(H,96,116)(H,97,110)(H,98,112)(H,92,103,104)/t40-,41?,42?,46?,47?,53+,54-,61+,64-,66?,67+,68+,69-,70+,71+,72+,73-,74+,75-,77+,78+,86-,87-/m0/s1. The lowest BCUT2D eigenvalue weighted by Gasteiger charge is -2.54. The number of hydrogen-bond acceptors (Lipinski definition) is 26. The molecule has 7 heterocycles. The first-order valence-electron chi connectivity index (χ1n) is 42.0. The summed E-state index contributed by atoms with van der Waals surface area (Å²) in [5, 5.41) is 131. The lowest BCUT2D eigenvalue weighted by molar-refractivity contribution is -0.333. The molecule has 9 amide bonds. The number of phenols is 3. The molecular weight excluding hydrogens is 1600 g/mol. The Morgan fingerprint density at radius 3 is 1.94 bits per heavy atom. The molecule has 35 heteroatoms. The van der Waals surface area contributed by atoms with Gasteiger partial charge in [-0.1, -0.05) is 89.1 Å². The molecule has 11 aliphatic rings. The van der Waals surface area contributed by atoms with Gasteiger partial charge in [-0.05, 0) is 190 Å². The van der Waals surface area contributed by atoms with Gasteiger partial charge in [0.15, 0.2) is 23.9 Å². The number of amides is 9. The first-order chi connectivity index (χ1) is 58.1. The van der Waals surface area contributed by atoms with Gasteiger partial charge in [0.2, 0.25) is 65.2 Å². The molecule has 0 spiro atoms. The van der Waals surface area contributed by atoms with Gasteiger partial charge in [0.25, 0.3) is 0 Å². The number of carbonyl (C=O) groups is 9. The van der Waals surface area contributed by atoms with E-state index in [-0.39, 0.29) is 98.5 Å². The molecule has 4 aliphatic carbocycles. The molecule has 15 bridgehead atoms. The van der Waals surface area contributed by atoms with Crippen LogP contribution >= 0.6 is 11.6 Å². The summed E-state index contributed by atoms with van der Waals surface area (Å²) in [5.74, 6) is -13.3. The number of aliphatic hydroxyl groups excluding tert-OH is 6. The van der Waals surface area contributed by atoms with Crippen LogP contribution in [0.4, 0.5) is 0 Å². The molecule has 7 aliphatic heterocycles. The molecule has 5 aromatic carbocycles. The van der Waals surface area contributed by atoms with E-state index in [1.165, 1.54) is 64.2 Å². The van der Waals surface area contributed by atoms with E-state index >= 15 is 28.8 Å². The summed E-state index contributed by atoms with van der Waals surface area (Å²) >= 11 is 7.30. The van der Waals surface area contributed by atoms with E-state index in [0.717, 1.165) is 107 Å². The summed E-state index contributed by atoms with van der Waals surface area (Å²) in [6.07, 6.45) is -8.29. The lowest BCUT2D eigenvalue weighted by atomic mass is 9.54. The number of aromatic hydroxyl groups is 3. The third-order valence-electron chi connectivity index (χ3n) is 24.8. The maximum atomic E-state index is 16.6. The minimum atomic E-state index is -2.35. The van der Waals surface area contributed by atoms with Gasteiger partial charge in [-0.2, -0.15) is 0 Å². The minimum absolute atomic E-state index is 0.0364. The summed E-state index contributed by atoms with van der Waals surface area (Å²) in [4.78, 5) is 138. The number of hydrogen-bond donors (Lipinski definition) is 19. The Bertz CT molecular complexity index is 4740. The second-order valence-electron chi connectivity index (χ2n) is 34.6. The number of fused-ring (bicyclic) bond motifs is 15. The Balaban J connectivity index is 1.01. The molecule has 6 fully saturated rings. The first kappa shape index (κ1) is 89.9. The number of rotatable bonds is 22. The maximum Gasteiger partial charge on any atom is 0.248 e. The quantitative estimate of drug-likeness (QED) is 0.0409. The Labute approximate surface area is 709 Å². The highest BCUT2D eigenvalue weighted by molar-refractivity contribution is 6.32. The van der Waals surface area contributed by atoms with Gasteiger partial charge < -0.3 is 123 Å². The summed E-state index contributed by atoms with van der Waals surface area (Å²) < 4.78 is 39.3. The van der Waals surface area contributed by atoms with Crippen LogP contribution in [0.3, 0.4) is 0 Å². The third kappa shape index (κ3) is 19.9. The number of benzene rings is 5. The van der Waals surface area contributed by atoms with Gasteiger partial charge in [-0.15, -0.1) is 0 Å². The van der Waals surface area contributed by atoms with E-state index in [4.69, 9.17) is 45.8 Å². The molecule has 660 valence electrons. The van der Waals surface area contributed by atoms with Crippen molar-refractivity contribution in [3.63, 3.8) is 0 Å². The van der Waals surface area contributed by atoms with Crippen molar-refractivity contribution in [1.29, 1.82) is 0 Å². The van der Waals surface area contributed by atoms with Crippen molar-refractivity contribution in [2.45, 2.75) is 260 Å². The second-order valence-corrected chi connectivity index (χ2v) is 35.0. The molecule has 5 aromatic rings. The average molecular weight is 1720 g/mol. The number of ether oxygens (including phenoxy) is 6. The van der Waals surface area contributed by atoms with Crippen LogP contribution in [0.5, 0.6) is 46.0 Å². The zero-order chi connectivity index (χ0) is 87.6. The zero-order valence-electron chi connectivity index (χ0n) is 68.9. The summed E-state index contributed by atoms with van der Waals surface area (Å²) in [6.45, 7) is 9.39. The average Bonchev–Trinajstić information content (AvgIpc) is 0.761. The number of nitrogens with two attached hydrogens (primary N) is 1. The number of likely N-dealkylation sites (N-methyl/N-ethyl adjacent to an activating group) is 1. The van der Waals surface area contributed by atoms with Gasteiger partial charge in [0.1, 0.15) is 95.5 Å². The molecule has 0 aromatic heterocycles. The van der Waals surface area contributed by atoms with Crippen LogP contribution in [0.25, 0.3) is 11.1 Å². The molecular formula is C87H111ClN10O24. The van der Waals surface area contributed by atoms with Crippen LogP contribution < -0.4 is 67.8 Å². The topological polar surface area (TPSA) is 525 Å². The highest BCUT2D eigenvalue weighted by Gasteiger charge is 2.53. The second kappa shape index (κ2) is 38.1. The minimum Gasteiger partial charge on any atom is -0.508 e. The van der Waals surface area contributed by atoms with E-state index in [1.54, 1.807) is 0 Å². The number of phenolic OH excluding ortho intramolecular Hbond substituents is 3. The molecule has 2 saturated heterocycles. The highest BCUT2D eigenvalue weighted by Crippen LogP contribution is 2.55. The fraction of sp³-hybridized carbons (Fsp3) is 0.552. The van der Waals surface area contributed by atoms with Crippen molar-refractivity contribution in [1.82, 2.24) is 47.9 Å². The number of imide groups is 1. The zero-order valence-corrected chi connectivity index (χ0v) is 69.7. The van der Waals surface area contributed by atoms with Crippen molar-refractivity contribution in [3.8, 4) is 57.1 Å². The van der Waals surface area contributed by atoms with Crippen LogP contribution in [0, 0.1) is 36.5 Å². The molecule has 0 radical (unpaired) electrons. The van der Waals surface area contributed by atoms with E-state index in [9.17, 15) is 60.3 Å². The van der Waals surface area contributed by atoms with Gasteiger partial charge >= 0.3 is 0 Å². The predicted octanol–water partition coefficient (Wildman–Crippen LogP) is 4.92. The Kier molecular flexibility index (Phi) is 28.1. The Morgan fingerprint density at radius 2 is 1.30 bits per heavy atom.